The zero-order chi connectivity index (χ0) is 13.5. The monoisotopic (exact) mass is 258 g/mol. The van der Waals surface area contributed by atoms with Crippen LogP contribution in [0, 0.1) is 0 Å². The minimum Gasteiger partial charge on any atom is -0.480 e. The second-order valence-electron chi connectivity index (χ2n) is 4.21. The van der Waals surface area contributed by atoms with Gasteiger partial charge in [0.1, 0.15) is 6.04 Å². The molecule has 0 saturated carbocycles. The van der Waals surface area contributed by atoms with E-state index in [1.807, 2.05) is 5.32 Å². The summed E-state index contributed by atoms with van der Waals surface area (Å²) >= 11 is 0. The Balaban J connectivity index is 2.57. The molecule has 2 N–H and O–H groups in total. The number of imide groups is 1. The van der Waals surface area contributed by atoms with Crippen LogP contribution in [0.2, 0.25) is 0 Å². The number of methoxy groups -OCH3 is 1. The predicted octanol–water partition coefficient (Wildman–Crippen LogP) is 0.198. The fourth-order valence-electron chi connectivity index (χ4n) is 2.03. The summed E-state index contributed by atoms with van der Waals surface area (Å²) in [5, 5.41) is 11.1. The van der Waals surface area contributed by atoms with E-state index < -0.39 is 24.0 Å². The Kier molecular flexibility index (Phi) is 5.57. The van der Waals surface area contributed by atoms with Gasteiger partial charge < -0.3 is 9.84 Å². The van der Waals surface area contributed by atoms with E-state index >= 15 is 0 Å². The molecule has 7 nitrogen and oxygen atoms in total. The van der Waals surface area contributed by atoms with Gasteiger partial charge in [-0.2, -0.15) is 0 Å². The molecule has 0 spiro atoms. The highest BCUT2D eigenvalue weighted by Gasteiger charge is 2.28. The Labute approximate surface area is 105 Å². The molecule has 1 saturated heterocycles. The molecule has 0 aromatic rings. The molecule has 1 fully saturated rings. The number of ether oxygens (including phenoxy) is 1. The Morgan fingerprint density at radius 1 is 1.33 bits per heavy atom. The first kappa shape index (κ1) is 14.4. The van der Waals surface area contributed by atoms with Gasteiger partial charge in [0.05, 0.1) is 13.7 Å². The standard InChI is InChI=1S/C11H18N2O5/c1-18-11(17)12-9(14)7-13-6-4-2-3-5-8(13)10(15)16/h8H,2-7H2,1H3,(H,15,16)(H,12,14,17). The number of carbonyl (C=O) groups excluding carboxylic acids is 2. The van der Waals surface area contributed by atoms with Gasteiger partial charge in [0.2, 0.25) is 5.91 Å². The molecule has 1 atom stereocenters. The van der Waals surface area contributed by atoms with Crippen LogP contribution in [0.25, 0.3) is 0 Å². The second-order valence-corrected chi connectivity index (χ2v) is 4.21. The maximum Gasteiger partial charge on any atom is 0.413 e. The highest BCUT2D eigenvalue weighted by atomic mass is 16.5. The number of rotatable bonds is 3. The Morgan fingerprint density at radius 2 is 2.06 bits per heavy atom. The van der Waals surface area contributed by atoms with E-state index in [2.05, 4.69) is 4.74 Å². The minimum atomic E-state index is -0.928. The van der Waals surface area contributed by atoms with E-state index in [9.17, 15) is 14.4 Å². The molecule has 0 aliphatic carbocycles. The van der Waals surface area contributed by atoms with Crippen molar-refractivity contribution >= 4 is 18.0 Å². The van der Waals surface area contributed by atoms with Crippen LogP contribution in [-0.2, 0) is 14.3 Å². The molecule has 1 aliphatic rings. The first-order chi connectivity index (χ1) is 8.54. The lowest BCUT2D eigenvalue weighted by atomic mass is 10.1. The summed E-state index contributed by atoms with van der Waals surface area (Å²) < 4.78 is 4.30. The molecule has 1 rings (SSSR count). The molecule has 1 unspecified atom stereocenters. The SMILES string of the molecule is COC(=O)NC(=O)CN1CCCCCC1C(=O)O. The van der Waals surface area contributed by atoms with Crippen LogP contribution in [0.15, 0.2) is 0 Å². The number of nitrogens with one attached hydrogen (secondary N) is 1. The average Bonchev–Trinajstić information content (AvgIpc) is 2.54. The quantitative estimate of drug-likeness (QED) is 0.750. The van der Waals surface area contributed by atoms with E-state index in [0.29, 0.717) is 13.0 Å². The maximum atomic E-state index is 11.5. The lowest BCUT2D eigenvalue weighted by Gasteiger charge is -2.25. The number of hydrogen-bond donors (Lipinski definition) is 2. The van der Waals surface area contributed by atoms with Crippen molar-refractivity contribution in [1.29, 1.82) is 0 Å². The third kappa shape index (κ3) is 4.33. The van der Waals surface area contributed by atoms with Crippen LogP contribution in [-0.4, -0.2) is 54.2 Å². The van der Waals surface area contributed by atoms with Gasteiger partial charge in [0.15, 0.2) is 0 Å². The molecular formula is C11H18N2O5. The zero-order valence-corrected chi connectivity index (χ0v) is 10.3. The number of hydrogen-bond acceptors (Lipinski definition) is 5. The molecule has 2 amide bonds. The van der Waals surface area contributed by atoms with Crippen molar-refractivity contribution in [3.05, 3.63) is 0 Å². The van der Waals surface area contributed by atoms with E-state index in [1.165, 1.54) is 0 Å². The van der Waals surface area contributed by atoms with Gasteiger partial charge in [0, 0.05) is 0 Å². The molecule has 0 aromatic heterocycles. The molecule has 7 heteroatoms. The van der Waals surface area contributed by atoms with Crippen LogP contribution in [0.3, 0.4) is 0 Å². The maximum absolute atomic E-state index is 11.5. The van der Waals surface area contributed by atoms with Crippen LogP contribution >= 0.6 is 0 Å². The van der Waals surface area contributed by atoms with Gasteiger partial charge in [-0.3, -0.25) is 19.8 Å². The van der Waals surface area contributed by atoms with Crippen molar-refractivity contribution in [3.63, 3.8) is 0 Å². The molecule has 0 bridgehead atoms. The fraction of sp³-hybridized carbons (Fsp3) is 0.727. The Bertz CT molecular complexity index is 331. The summed E-state index contributed by atoms with van der Waals surface area (Å²) in [6.45, 7) is 0.442. The fourth-order valence-corrected chi connectivity index (χ4v) is 2.03. The molecule has 0 radical (unpaired) electrons. The van der Waals surface area contributed by atoms with Gasteiger partial charge in [0.25, 0.3) is 0 Å². The van der Waals surface area contributed by atoms with E-state index in [4.69, 9.17) is 5.11 Å². The number of amides is 2. The van der Waals surface area contributed by atoms with Gasteiger partial charge >= 0.3 is 12.1 Å². The van der Waals surface area contributed by atoms with Crippen molar-refractivity contribution in [3.8, 4) is 0 Å². The first-order valence-electron chi connectivity index (χ1n) is 5.89. The summed E-state index contributed by atoms with van der Waals surface area (Å²) in [6, 6.07) is -0.657. The Morgan fingerprint density at radius 3 is 2.67 bits per heavy atom. The number of nitrogens with zero attached hydrogens (tertiary/aromatic N) is 1. The number of likely N-dealkylation sites (tertiary alicyclic amines) is 1. The molecule has 0 aromatic carbocycles. The number of aliphatic carboxylic acids is 1. The number of carboxylic acid groups (broad SMARTS) is 1. The number of carboxylic acids is 1. The van der Waals surface area contributed by atoms with Gasteiger partial charge in [-0.05, 0) is 19.4 Å². The van der Waals surface area contributed by atoms with Crippen molar-refractivity contribution < 1.29 is 24.2 Å². The first-order valence-corrected chi connectivity index (χ1v) is 5.89. The van der Waals surface area contributed by atoms with Gasteiger partial charge in [-0.25, -0.2) is 4.79 Å². The third-order valence-corrected chi connectivity index (χ3v) is 2.92. The largest absolute Gasteiger partial charge is 0.480 e. The summed E-state index contributed by atoms with van der Waals surface area (Å²) in [5.74, 6) is -1.47. The topological polar surface area (TPSA) is 95.9 Å². The van der Waals surface area contributed by atoms with E-state index in [1.54, 1.807) is 4.90 Å². The van der Waals surface area contributed by atoms with Crippen molar-refractivity contribution in [2.45, 2.75) is 31.7 Å². The lowest BCUT2D eigenvalue weighted by Crippen LogP contribution is -2.47. The summed E-state index contributed by atoms with van der Waals surface area (Å²) in [4.78, 5) is 35.1. The summed E-state index contributed by atoms with van der Waals surface area (Å²) in [7, 11) is 1.16. The zero-order valence-electron chi connectivity index (χ0n) is 10.3. The van der Waals surface area contributed by atoms with E-state index in [0.717, 1.165) is 26.4 Å². The highest BCUT2D eigenvalue weighted by molar-refractivity contribution is 5.93. The summed E-state index contributed by atoms with van der Waals surface area (Å²) in [6.07, 6.45) is 2.35. The highest BCUT2D eigenvalue weighted by Crippen LogP contribution is 2.16. The van der Waals surface area contributed by atoms with Crippen molar-refractivity contribution in [2.24, 2.45) is 0 Å². The Hall–Kier alpha value is -1.63. The average molecular weight is 258 g/mol. The molecule has 18 heavy (non-hydrogen) atoms. The van der Waals surface area contributed by atoms with Crippen LogP contribution in [0.5, 0.6) is 0 Å². The second kappa shape index (κ2) is 6.95. The van der Waals surface area contributed by atoms with Gasteiger partial charge in [-0.15, -0.1) is 0 Å². The van der Waals surface area contributed by atoms with Crippen molar-refractivity contribution in [1.82, 2.24) is 10.2 Å². The van der Waals surface area contributed by atoms with Crippen molar-refractivity contribution in [2.75, 3.05) is 20.2 Å². The minimum absolute atomic E-state index is 0.105. The third-order valence-electron chi connectivity index (χ3n) is 2.92. The molecule has 1 aliphatic heterocycles. The molecule has 1 heterocycles. The van der Waals surface area contributed by atoms with E-state index in [-0.39, 0.29) is 6.54 Å². The van der Waals surface area contributed by atoms with Crippen LogP contribution in [0.1, 0.15) is 25.7 Å². The molecule has 102 valence electrons. The summed E-state index contributed by atoms with van der Waals surface area (Å²) in [5.41, 5.74) is 0. The van der Waals surface area contributed by atoms with Crippen LogP contribution in [0.4, 0.5) is 4.79 Å². The smallest absolute Gasteiger partial charge is 0.413 e. The lowest BCUT2D eigenvalue weighted by molar-refractivity contribution is -0.143. The van der Waals surface area contributed by atoms with Crippen LogP contribution < -0.4 is 5.32 Å². The normalized spacial score (nSPS) is 20.8. The van der Waals surface area contributed by atoms with Gasteiger partial charge in [-0.1, -0.05) is 12.8 Å². The predicted molar refractivity (Wildman–Crippen MR) is 62.0 cm³/mol. The molecular weight excluding hydrogens is 240 g/mol. The number of carbonyl (C=O) groups is 3. The number of alkyl carbamates (subject to hydrolysis) is 1.